The van der Waals surface area contributed by atoms with Crippen molar-refractivity contribution in [2.75, 3.05) is 19.4 Å². The highest BCUT2D eigenvalue weighted by atomic mass is 32.2. The van der Waals surface area contributed by atoms with E-state index >= 15 is 0 Å². The lowest BCUT2D eigenvalue weighted by Crippen LogP contribution is -2.35. The molecule has 0 aliphatic rings. The van der Waals surface area contributed by atoms with Gasteiger partial charge in [-0.2, -0.15) is 11.8 Å². The molecule has 0 saturated heterocycles. The van der Waals surface area contributed by atoms with Crippen LogP contribution >= 0.6 is 11.8 Å². The Kier molecular flexibility index (Phi) is 8.57. The summed E-state index contributed by atoms with van der Waals surface area (Å²) in [5.74, 6) is 1.98. The maximum absolute atomic E-state index is 12.8. The fraction of sp³-hybridized carbons (Fsp3) is 0.200. The van der Waals surface area contributed by atoms with Gasteiger partial charge in [0.25, 0.3) is 11.8 Å². The summed E-state index contributed by atoms with van der Waals surface area (Å²) in [5.41, 5.74) is 3.07. The molecule has 0 bridgehead atoms. The van der Waals surface area contributed by atoms with E-state index in [2.05, 4.69) is 29.7 Å². The van der Waals surface area contributed by atoms with Gasteiger partial charge >= 0.3 is 0 Å². The minimum Gasteiger partial charge on any atom is -0.497 e. The maximum atomic E-state index is 12.8. The van der Waals surface area contributed by atoms with Gasteiger partial charge in [0, 0.05) is 29.7 Å². The number of rotatable bonds is 10. The molecule has 1 aromatic heterocycles. The highest BCUT2D eigenvalue weighted by molar-refractivity contribution is 7.98. The Morgan fingerprint density at radius 2 is 1.84 bits per heavy atom. The molecule has 0 aliphatic carbocycles. The van der Waals surface area contributed by atoms with E-state index in [4.69, 9.17) is 9.15 Å². The van der Waals surface area contributed by atoms with Crippen molar-refractivity contribution in [2.45, 2.75) is 12.7 Å². The minimum atomic E-state index is -0.394. The Hall–Kier alpha value is -3.45. The van der Waals surface area contributed by atoms with Crippen molar-refractivity contribution in [1.82, 2.24) is 10.6 Å². The molecule has 166 valence electrons. The molecule has 0 fully saturated rings. The van der Waals surface area contributed by atoms with E-state index < -0.39 is 5.91 Å². The highest BCUT2D eigenvalue weighted by Gasteiger charge is 2.15. The van der Waals surface area contributed by atoms with E-state index in [1.54, 1.807) is 55.3 Å². The third-order valence-electron chi connectivity index (χ3n) is 4.73. The second-order valence-electron chi connectivity index (χ2n) is 6.99. The van der Waals surface area contributed by atoms with Crippen LogP contribution in [0.3, 0.4) is 0 Å². The zero-order valence-corrected chi connectivity index (χ0v) is 18.9. The predicted molar refractivity (Wildman–Crippen MR) is 127 cm³/mol. The van der Waals surface area contributed by atoms with Crippen molar-refractivity contribution >= 4 is 29.7 Å². The lowest BCUT2D eigenvalue weighted by molar-refractivity contribution is -0.117. The molecular formula is C25H26N2O4S. The van der Waals surface area contributed by atoms with Crippen molar-refractivity contribution in [2.24, 2.45) is 0 Å². The molecule has 32 heavy (non-hydrogen) atoms. The van der Waals surface area contributed by atoms with Gasteiger partial charge in [-0.05, 0) is 54.4 Å². The van der Waals surface area contributed by atoms with Crippen LogP contribution in [0.2, 0.25) is 0 Å². The molecule has 7 heteroatoms. The van der Waals surface area contributed by atoms with E-state index in [9.17, 15) is 9.59 Å². The van der Waals surface area contributed by atoms with E-state index in [-0.39, 0.29) is 11.6 Å². The Morgan fingerprint density at radius 1 is 1.06 bits per heavy atom. The molecule has 0 unspecified atom stereocenters. The lowest BCUT2D eigenvalue weighted by atomic mass is 10.1. The molecule has 3 aromatic rings. The monoisotopic (exact) mass is 450 g/mol. The van der Waals surface area contributed by atoms with Gasteiger partial charge in [-0.25, -0.2) is 0 Å². The molecule has 6 nitrogen and oxygen atoms in total. The average Bonchev–Trinajstić information content (AvgIpc) is 3.32. The highest BCUT2D eigenvalue weighted by Crippen LogP contribution is 2.16. The number of aryl methyl sites for hydroxylation is 1. The molecule has 2 N–H and O–H groups in total. The Morgan fingerprint density at radius 3 is 2.53 bits per heavy atom. The van der Waals surface area contributed by atoms with Crippen molar-refractivity contribution < 1.29 is 18.7 Å². The summed E-state index contributed by atoms with van der Waals surface area (Å²) < 4.78 is 10.4. The van der Waals surface area contributed by atoms with Gasteiger partial charge in [-0.3, -0.25) is 9.59 Å². The molecule has 0 aliphatic heterocycles. The fourth-order valence-electron chi connectivity index (χ4n) is 2.90. The average molecular weight is 451 g/mol. The van der Waals surface area contributed by atoms with Crippen LogP contribution < -0.4 is 15.4 Å². The van der Waals surface area contributed by atoms with Gasteiger partial charge in [0.2, 0.25) is 0 Å². The first kappa shape index (κ1) is 23.2. The number of amides is 2. The van der Waals surface area contributed by atoms with Crippen LogP contribution in [-0.4, -0.2) is 31.2 Å². The van der Waals surface area contributed by atoms with E-state index in [1.165, 1.54) is 23.5 Å². The number of hydrogen-bond donors (Lipinski definition) is 2. The van der Waals surface area contributed by atoms with Gasteiger partial charge in [-0.15, -0.1) is 0 Å². The topological polar surface area (TPSA) is 80.6 Å². The van der Waals surface area contributed by atoms with Crippen LogP contribution in [-0.2, 0) is 10.5 Å². The molecule has 2 aromatic carbocycles. The van der Waals surface area contributed by atoms with Crippen LogP contribution in [0.1, 0.15) is 27.2 Å². The summed E-state index contributed by atoms with van der Waals surface area (Å²) >= 11 is 1.74. The summed E-state index contributed by atoms with van der Waals surface area (Å²) in [5, 5.41) is 5.55. The molecule has 0 saturated carbocycles. The number of ether oxygens (including phenoxy) is 1. The largest absolute Gasteiger partial charge is 0.497 e. The number of nitrogens with one attached hydrogen (secondary N) is 2. The smallest absolute Gasteiger partial charge is 0.267 e. The first-order valence-corrected chi connectivity index (χ1v) is 11.3. The molecule has 1 heterocycles. The summed E-state index contributed by atoms with van der Waals surface area (Å²) in [7, 11) is 1.56. The molecule has 3 rings (SSSR count). The second-order valence-corrected chi connectivity index (χ2v) is 8.10. The molecule has 0 spiro atoms. The van der Waals surface area contributed by atoms with Crippen LogP contribution in [0.5, 0.6) is 5.75 Å². The number of methoxy groups -OCH3 is 1. The van der Waals surface area contributed by atoms with Gasteiger partial charge in [-0.1, -0.05) is 24.3 Å². The number of hydrogen-bond acceptors (Lipinski definition) is 5. The van der Waals surface area contributed by atoms with Crippen molar-refractivity contribution in [3.8, 4) is 5.75 Å². The Bertz CT molecular complexity index is 1060. The van der Waals surface area contributed by atoms with Crippen LogP contribution in [0, 0.1) is 6.92 Å². The van der Waals surface area contributed by atoms with E-state index in [1.807, 2.05) is 12.1 Å². The minimum absolute atomic E-state index is 0.115. The van der Waals surface area contributed by atoms with Crippen molar-refractivity contribution in [3.05, 3.63) is 95.1 Å². The third kappa shape index (κ3) is 6.78. The van der Waals surface area contributed by atoms with Gasteiger partial charge in [0.15, 0.2) is 0 Å². The van der Waals surface area contributed by atoms with Crippen LogP contribution in [0.25, 0.3) is 6.08 Å². The number of thioether (sulfide) groups is 1. The predicted octanol–water partition coefficient (Wildman–Crippen LogP) is 4.42. The number of carbonyl (C=O) groups excluding carboxylic acids is 2. The zero-order chi connectivity index (χ0) is 22.8. The summed E-state index contributed by atoms with van der Waals surface area (Å²) in [6.07, 6.45) is 3.02. The fourth-order valence-corrected chi connectivity index (χ4v) is 3.83. The first-order valence-electron chi connectivity index (χ1n) is 10.2. The summed E-state index contributed by atoms with van der Waals surface area (Å²) in [6, 6.07) is 18.3. The normalized spacial score (nSPS) is 11.1. The lowest BCUT2D eigenvalue weighted by Gasteiger charge is -2.11. The Balaban J connectivity index is 1.57. The third-order valence-corrected chi connectivity index (χ3v) is 5.73. The SMILES string of the molecule is COc1ccc(C(=O)N/C(=C\c2ccco2)C(=O)NCCSCc2ccccc2C)cc1. The number of furan rings is 1. The van der Waals surface area contributed by atoms with Gasteiger partial charge in [0.1, 0.15) is 17.2 Å². The second kappa shape index (κ2) is 11.8. The van der Waals surface area contributed by atoms with Gasteiger partial charge < -0.3 is 19.8 Å². The first-order chi connectivity index (χ1) is 15.6. The summed E-state index contributed by atoms with van der Waals surface area (Å²) in [6.45, 7) is 2.57. The molecule has 2 amide bonds. The summed E-state index contributed by atoms with van der Waals surface area (Å²) in [4.78, 5) is 25.4. The van der Waals surface area contributed by atoms with E-state index in [0.717, 1.165) is 11.5 Å². The molecule has 0 radical (unpaired) electrons. The van der Waals surface area contributed by atoms with Crippen LogP contribution in [0.15, 0.2) is 77.0 Å². The molecular weight excluding hydrogens is 424 g/mol. The van der Waals surface area contributed by atoms with Crippen molar-refractivity contribution in [3.63, 3.8) is 0 Å². The standard InChI is InChI=1S/C25H26N2O4S/c1-18-6-3-4-7-20(18)17-32-15-13-26-25(29)23(16-22-8-5-14-31-22)27-24(28)19-9-11-21(30-2)12-10-19/h3-12,14,16H,13,15,17H2,1-2H3,(H,26,29)(H,27,28)/b23-16-. The molecule has 0 atom stereocenters. The van der Waals surface area contributed by atoms with Crippen LogP contribution in [0.4, 0.5) is 0 Å². The maximum Gasteiger partial charge on any atom is 0.267 e. The van der Waals surface area contributed by atoms with E-state index in [0.29, 0.717) is 23.6 Å². The van der Waals surface area contributed by atoms with Crippen molar-refractivity contribution in [1.29, 1.82) is 0 Å². The number of benzene rings is 2. The quantitative estimate of drug-likeness (QED) is 0.353. The van der Waals surface area contributed by atoms with Gasteiger partial charge in [0.05, 0.1) is 13.4 Å². The number of carbonyl (C=O) groups is 2. The Labute approximate surface area is 192 Å². The zero-order valence-electron chi connectivity index (χ0n) is 18.1.